The molecule has 0 radical (unpaired) electrons. The Morgan fingerprint density at radius 1 is 1.00 bits per heavy atom. The highest BCUT2D eigenvalue weighted by Crippen LogP contribution is 2.34. The molecule has 140 valence electrons. The second-order valence-corrected chi connectivity index (χ2v) is 7.78. The van der Waals surface area contributed by atoms with Crippen LogP contribution in [0.5, 0.6) is 0 Å². The molecule has 1 saturated heterocycles. The minimum atomic E-state index is -0.257. The van der Waals surface area contributed by atoms with E-state index in [1.54, 1.807) is 12.1 Å². The highest BCUT2D eigenvalue weighted by atomic mass is 35.5. The molecular weight excluding hydrogens is 407 g/mol. The average Bonchev–Trinajstić information content (AvgIpc) is 2.95. The zero-order valence-corrected chi connectivity index (χ0v) is 16.7. The first-order valence-corrected chi connectivity index (χ1v) is 9.75. The molecule has 0 saturated carbocycles. The van der Waals surface area contributed by atoms with E-state index in [-0.39, 0.29) is 5.91 Å². The van der Waals surface area contributed by atoms with Crippen LogP contribution in [0, 0.1) is 0 Å². The molecule has 2 aliphatic rings. The van der Waals surface area contributed by atoms with Crippen LogP contribution >= 0.6 is 34.8 Å². The molecule has 4 rings (SSSR count). The zero-order chi connectivity index (χ0) is 19.0. The molecule has 8 heteroatoms. The van der Waals surface area contributed by atoms with Gasteiger partial charge in [-0.05, 0) is 23.8 Å². The number of amides is 1. The fraction of sp³-hybridized carbons (Fsp3) is 0.263. The maximum atomic E-state index is 12.3. The van der Waals surface area contributed by atoms with Gasteiger partial charge in [-0.15, -0.1) is 0 Å². The van der Waals surface area contributed by atoms with Gasteiger partial charge in [-0.25, -0.2) is 0 Å². The van der Waals surface area contributed by atoms with Gasteiger partial charge in [0.15, 0.2) is 5.71 Å². The molecule has 0 aromatic heterocycles. The second kappa shape index (κ2) is 7.68. The molecule has 0 aliphatic carbocycles. The highest BCUT2D eigenvalue weighted by molar-refractivity contribution is 6.56. The van der Waals surface area contributed by atoms with Gasteiger partial charge in [0.25, 0.3) is 5.91 Å². The van der Waals surface area contributed by atoms with Crippen LogP contribution in [0.15, 0.2) is 41.5 Å². The summed E-state index contributed by atoms with van der Waals surface area (Å²) in [4.78, 5) is 14.6. The molecule has 1 amide bonds. The Labute approximate surface area is 172 Å². The van der Waals surface area contributed by atoms with Gasteiger partial charge in [-0.3, -0.25) is 14.7 Å². The van der Waals surface area contributed by atoms with Gasteiger partial charge in [0.2, 0.25) is 0 Å². The summed E-state index contributed by atoms with van der Waals surface area (Å²) in [6.45, 7) is 3.94. The van der Waals surface area contributed by atoms with E-state index in [1.165, 1.54) is 0 Å². The van der Waals surface area contributed by atoms with Gasteiger partial charge in [-0.1, -0.05) is 53.0 Å². The number of carbonyl (C=O) groups excluding carboxylic acids is 1. The topological polar surface area (TPSA) is 47.9 Å². The molecule has 0 bridgehead atoms. The summed E-state index contributed by atoms with van der Waals surface area (Å²) in [6.07, 6.45) is 0. The van der Waals surface area contributed by atoms with E-state index < -0.39 is 0 Å². The summed E-state index contributed by atoms with van der Waals surface area (Å²) in [5.74, 6) is -0.257. The maximum absolute atomic E-state index is 12.3. The second-order valence-electron chi connectivity index (χ2n) is 6.53. The number of carbonyl (C=O) groups is 1. The van der Waals surface area contributed by atoms with Crippen LogP contribution in [0.2, 0.25) is 15.1 Å². The molecule has 0 spiro atoms. The molecule has 0 unspecified atom stereocenters. The van der Waals surface area contributed by atoms with Gasteiger partial charge in [0.1, 0.15) is 0 Å². The Morgan fingerprint density at radius 2 is 1.74 bits per heavy atom. The van der Waals surface area contributed by atoms with E-state index in [4.69, 9.17) is 34.8 Å². The largest absolute Gasteiger partial charge is 0.319 e. The molecule has 2 aromatic rings. The first-order valence-electron chi connectivity index (χ1n) is 8.61. The Bertz CT molecular complexity index is 923. The Hall–Kier alpha value is -1.79. The smallest absolute Gasteiger partial charge is 0.276 e. The predicted octanol–water partition coefficient (Wildman–Crippen LogP) is 4.12. The number of fused-ring (bicyclic) bond motifs is 1. The van der Waals surface area contributed by atoms with Crippen molar-refractivity contribution in [2.45, 2.75) is 6.54 Å². The Morgan fingerprint density at radius 3 is 2.48 bits per heavy atom. The van der Waals surface area contributed by atoms with Crippen molar-refractivity contribution in [2.75, 3.05) is 31.5 Å². The number of anilines is 1. The van der Waals surface area contributed by atoms with E-state index in [2.05, 4.69) is 15.3 Å². The molecule has 27 heavy (non-hydrogen) atoms. The molecule has 2 aliphatic heterocycles. The molecule has 1 fully saturated rings. The third-order valence-electron chi connectivity index (χ3n) is 4.71. The van der Waals surface area contributed by atoms with Crippen molar-refractivity contribution >= 4 is 52.1 Å². The summed E-state index contributed by atoms with van der Waals surface area (Å²) in [7, 11) is 0. The highest BCUT2D eigenvalue weighted by Gasteiger charge is 2.30. The number of nitrogens with one attached hydrogen (secondary N) is 1. The van der Waals surface area contributed by atoms with Crippen molar-refractivity contribution < 1.29 is 4.79 Å². The SMILES string of the molecule is O=C1Nc2c(Cl)cc(Cl)cc2/C1=N\N1CCN(Cc2ccccc2Cl)CC1. The van der Waals surface area contributed by atoms with Crippen LogP contribution in [0.3, 0.4) is 0 Å². The summed E-state index contributed by atoms with van der Waals surface area (Å²) in [5.41, 5.74) is 2.69. The number of rotatable bonds is 3. The number of hydrogen-bond donors (Lipinski definition) is 1. The normalized spacial score (nSPS) is 18.7. The van der Waals surface area contributed by atoms with Gasteiger partial charge in [-0.2, -0.15) is 5.10 Å². The number of piperazine rings is 1. The number of halogens is 3. The summed E-state index contributed by atoms with van der Waals surface area (Å²) < 4.78 is 0. The Kier molecular flexibility index (Phi) is 5.28. The van der Waals surface area contributed by atoms with E-state index in [0.29, 0.717) is 27.0 Å². The lowest BCUT2D eigenvalue weighted by molar-refractivity contribution is -0.110. The van der Waals surface area contributed by atoms with Crippen molar-refractivity contribution in [3.63, 3.8) is 0 Å². The predicted molar refractivity (Wildman–Crippen MR) is 110 cm³/mol. The molecule has 2 aromatic carbocycles. The van der Waals surface area contributed by atoms with E-state index in [0.717, 1.165) is 43.3 Å². The van der Waals surface area contributed by atoms with Crippen LogP contribution in [0.4, 0.5) is 5.69 Å². The lowest BCUT2D eigenvalue weighted by Gasteiger charge is -2.33. The zero-order valence-electron chi connectivity index (χ0n) is 14.4. The Balaban J connectivity index is 1.45. The van der Waals surface area contributed by atoms with Gasteiger partial charge >= 0.3 is 0 Å². The maximum Gasteiger partial charge on any atom is 0.276 e. The first-order chi connectivity index (χ1) is 13.0. The number of hydrogen-bond acceptors (Lipinski definition) is 4. The van der Waals surface area contributed by atoms with Crippen molar-refractivity contribution in [1.29, 1.82) is 0 Å². The molecular formula is C19H17Cl3N4O. The third-order valence-corrected chi connectivity index (χ3v) is 5.59. The number of benzene rings is 2. The van der Waals surface area contributed by atoms with Crippen molar-refractivity contribution in [3.8, 4) is 0 Å². The van der Waals surface area contributed by atoms with E-state index in [9.17, 15) is 4.79 Å². The number of hydrazone groups is 1. The fourth-order valence-corrected chi connectivity index (χ4v) is 4.02. The average molecular weight is 424 g/mol. The molecule has 5 nitrogen and oxygen atoms in total. The lowest BCUT2D eigenvalue weighted by Crippen LogP contribution is -2.44. The van der Waals surface area contributed by atoms with Crippen molar-refractivity contribution in [3.05, 3.63) is 62.6 Å². The summed E-state index contributed by atoms with van der Waals surface area (Å²) in [5, 5.41) is 10.9. The van der Waals surface area contributed by atoms with E-state index >= 15 is 0 Å². The van der Waals surface area contributed by atoms with Crippen LogP contribution in [0.1, 0.15) is 11.1 Å². The van der Waals surface area contributed by atoms with Crippen molar-refractivity contribution in [1.82, 2.24) is 9.91 Å². The lowest BCUT2D eigenvalue weighted by atomic mass is 10.1. The monoisotopic (exact) mass is 422 g/mol. The fourth-order valence-electron chi connectivity index (χ4n) is 3.29. The minimum Gasteiger partial charge on any atom is -0.319 e. The third kappa shape index (κ3) is 3.92. The summed E-state index contributed by atoms with van der Waals surface area (Å²) in [6, 6.07) is 11.2. The minimum absolute atomic E-state index is 0.257. The van der Waals surface area contributed by atoms with Crippen LogP contribution in [0.25, 0.3) is 0 Å². The van der Waals surface area contributed by atoms with Gasteiger partial charge < -0.3 is 5.32 Å². The summed E-state index contributed by atoms with van der Waals surface area (Å²) >= 11 is 18.5. The van der Waals surface area contributed by atoms with Gasteiger partial charge in [0, 0.05) is 48.3 Å². The molecule has 0 atom stereocenters. The molecule has 1 N–H and O–H groups in total. The van der Waals surface area contributed by atoms with E-state index in [1.807, 2.05) is 29.3 Å². The standard InChI is InChI=1S/C19H17Cl3N4O/c20-13-9-14-17(16(22)10-13)23-19(27)18(14)24-26-7-5-25(6-8-26)11-12-3-1-2-4-15(12)21/h1-4,9-10H,5-8,11H2,(H,23,24,27). The quantitative estimate of drug-likeness (QED) is 0.808. The van der Waals surface area contributed by atoms with Crippen molar-refractivity contribution in [2.24, 2.45) is 5.10 Å². The molecule has 2 heterocycles. The van der Waals surface area contributed by atoms with Crippen LogP contribution in [-0.4, -0.2) is 47.7 Å². The first kappa shape index (κ1) is 18.6. The van der Waals surface area contributed by atoms with Gasteiger partial charge in [0.05, 0.1) is 10.7 Å². The van der Waals surface area contributed by atoms with Crippen LogP contribution < -0.4 is 5.32 Å². The number of nitrogens with zero attached hydrogens (tertiary/aromatic N) is 3. The van der Waals surface area contributed by atoms with Crippen LogP contribution in [-0.2, 0) is 11.3 Å².